The van der Waals surface area contributed by atoms with Gasteiger partial charge in [-0.1, -0.05) is 26.0 Å². The fourth-order valence-corrected chi connectivity index (χ4v) is 3.27. The van der Waals surface area contributed by atoms with Crippen molar-refractivity contribution in [1.29, 1.82) is 0 Å². The zero-order chi connectivity index (χ0) is 15.4. The lowest BCUT2D eigenvalue weighted by molar-refractivity contribution is 0.0322. The van der Waals surface area contributed by atoms with Gasteiger partial charge in [0, 0.05) is 6.04 Å². The Balaban J connectivity index is 1.94. The maximum Gasteiger partial charge on any atom is 0.118 e. The zero-order valence-corrected chi connectivity index (χ0v) is 13.7. The van der Waals surface area contributed by atoms with Crippen LogP contribution in [0.4, 0.5) is 0 Å². The molecule has 0 spiro atoms. The molecule has 1 saturated heterocycles. The van der Waals surface area contributed by atoms with E-state index >= 15 is 0 Å². The first-order valence-electron chi connectivity index (χ1n) is 8.09. The molecule has 118 valence electrons. The van der Waals surface area contributed by atoms with Crippen LogP contribution < -0.4 is 4.74 Å². The largest absolute Gasteiger partial charge is 0.497 e. The molecule has 21 heavy (non-hydrogen) atoms. The van der Waals surface area contributed by atoms with Gasteiger partial charge >= 0.3 is 0 Å². The highest BCUT2D eigenvalue weighted by atomic mass is 16.5. The van der Waals surface area contributed by atoms with Crippen LogP contribution in [0.1, 0.15) is 45.3 Å². The van der Waals surface area contributed by atoms with Crippen molar-refractivity contribution in [3.63, 3.8) is 0 Å². The first-order valence-corrected chi connectivity index (χ1v) is 8.09. The normalized spacial score (nSPS) is 20.5. The van der Waals surface area contributed by atoms with Crippen molar-refractivity contribution < 1.29 is 9.84 Å². The molecule has 1 heterocycles. The van der Waals surface area contributed by atoms with E-state index in [1.165, 1.54) is 12.8 Å². The highest BCUT2D eigenvalue weighted by molar-refractivity contribution is 5.29. The van der Waals surface area contributed by atoms with E-state index in [0.717, 1.165) is 36.2 Å². The number of methoxy groups -OCH3 is 1. The number of piperidine rings is 1. The second-order valence-corrected chi connectivity index (χ2v) is 6.58. The molecule has 1 aliphatic heterocycles. The fourth-order valence-electron chi connectivity index (χ4n) is 3.27. The summed E-state index contributed by atoms with van der Waals surface area (Å²) < 4.78 is 5.17. The first-order chi connectivity index (χ1) is 10.0. The van der Waals surface area contributed by atoms with Gasteiger partial charge < -0.3 is 9.84 Å². The molecule has 0 saturated carbocycles. The number of rotatable bonds is 5. The summed E-state index contributed by atoms with van der Waals surface area (Å²) in [7, 11) is 1.66. The van der Waals surface area contributed by atoms with Crippen molar-refractivity contribution in [2.24, 2.45) is 11.8 Å². The lowest BCUT2D eigenvalue weighted by atomic mass is 9.86. The Kier molecular flexibility index (Phi) is 5.65. The lowest BCUT2D eigenvalue weighted by Crippen LogP contribution is -2.43. The van der Waals surface area contributed by atoms with E-state index in [0.29, 0.717) is 0 Å². The van der Waals surface area contributed by atoms with Crippen LogP contribution in [0.2, 0.25) is 0 Å². The Labute approximate surface area is 128 Å². The van der Waals surface area contributed by atoms with E-state index < -0.39 is 6.10 Å². The van der Waals surface area contributed by atoms with Gasteiger partial charge in [-0.15, -0.1) is 0 Å². The highest BCUT2D eigenvalue weighted by Gasteiger charge is 2.28. The SMILES string of the molecule is COc1ccc(C(O)C(C)N2CCC(C(C)C)CC2)cc1. The van der Waals surface area contributed by atoms with Gasteiger partial charge in [0.15, 0.2) is 0 Å². The maximum atomic E-state index is 10.6. The highest BCUT2D eigenvalue weighted by Crippen LogP contribution is 2.29. The van der Waals surface area contributed by atoms with Crippen LogP contribution >= 0.6 is 0 Å². The minimum atomic E-state index is -0.438. The number of nitrogens with zero attached hydrogens (tertiary/aromatic N) is 1. The van der Waals surface area contributed by atoms with Gasteiger partial charge in [0.2, 0.25) is 0 Å². The van der Waals surface area contributed by atoms with Gasteiger partial charge in [0.1, 0.15) is 5.75 Å². The van der Waals surface area contributed by atoms with E-state index in [2.05, 4.69) is 25.7 Å². The summed E-state index contributed by atoms with van der Waals surface area (Å²) in [6.07, 6.45) is 2.06. The third kappa shape index (κ3) is 3.98. The minimum absolute atomic E-state index is 0.159. The molecule has 2 rings (SSSR count). The third-order valence-corrected chi connectivity index (χ3v) is 5.01. The molecule has 3 heteroatoms. The zero-order valence-electron chi connectivity index (χ0n) is 13.7. The van der Waals surface area contributed by atoms with E-state index in [-0.39, 0.29) is 6.04 Å². The molecular formula is C18H29NO2. The Morgan fingerprint density at radius 3 is 2.14 bits per heavy atom. The summed E-state index contributed by atoms with van der Waals surface area (Å²) in [4.78, 5) is 2.42. The van der Waals surface area contributed by atoms with Crippen LogP contribution in [-0.4, -0.2) is 36.2 Å². The average Bonchev–Trinajstić information content (AvgIpc) is 2.53. The Bertz CT molecular complexity index is 421. The van der Waals surface area contributed by atoms with E-state index in [1.807, 2.05) is 24.3 Å². The van der Waals surface area contributed by atoms with Crippen LogP contribution in [0.3, 0.4) is 0 Å². The van der Waals surface area contributed by atoms with E-state index in [9.17, 15) is 5.11 Å². The van der Waals surface area contributed by atoms with Gasteiger partial charge in [-0.2, -0.15) is 0 Å². The van der Waals surface area contributed by atoms with Crippen LogP contribution in [0.5, 0.6) is 5.75 Å². The van der Waals surface area contributed by atoms with Crippen LogP contribution in [0.25, 0.3) is 0 Å². The van der Waals surface area contributed by atoms with Crippen LogP contribution in [0.15, 0.2) is 24.3 Å². The summed E-state index contributed by atoms with van der Waals surface area (Å²) in [5, 5.41) is 10.6. The number of benzene rings is 1. The molecule has 2 atom stereocenters. The monoisotopic (exact) mass is 291 g/mol. The molecule has 0 aromatic heterocycles. The molecule has 0 radical (unpaired) electrons. The number of aliphatic hydroxyl groups excluding tert-OH is 1. The number of hydrogen-bond donors (Lipinski definition) is 1. The van der Waals surface area contributed by atoms with Crippen LogP contribution in [-0.2, 0) is 0 Å². The summed E-state index contributed by atoms with van der Waals surface area (Å²) in [5.74, 6) is 2.44. The fraction of sp³-hybridized carbons (Fsp3) is 0.667. The van der Waals surface area contributed by atoms with Crippen molar-refractivity contribution in [3.8, 4) is 5.75 Å². The quantitative estimate of drug-likeness (QED) is 0.901. The molecule has 0 bridgehead atoms. The van der Waals surface area contributed by atoms with Crippen molar-refractivity contribution in [3.05, 3.63) is 29.8 Å². The number of aliphatic hydroxyl groups is 1. The van der Waals surface area contributed by atoms with Crippen LogP contribution in [0, 0.1) is 11.8 Å². The predicted molar refractivity (Wildman–Crippen MR) is 86.6 cm³/mol. The smallest absolute Gasteiger partial charge is 0.118 e. The molecule has 1 aromatic rings. The molecule has 1 aliphatic rings. The summed E-state index contributed by atoms with van der Waals surface area (Å²) in [6, 6.07) is 7.90. The number of hydrogen-bond acceptors (Lipinski definition) is 3. The topological polar surface area (TPSA) is 32.7 Å². The molecular weight excluding hydrogens is 262 g/mol. The van der Waals surface area contributed by atoms with Gasteiger partial charge in [0.05, 0.1) is 13.2 Å². The molecule has 2 unspecified atom stereocenters. The average molecular weight is 291 g/mol. The van der Waals surface area contributed by atoms with Gasteiger partial charge in [-0.3, -0.25) is 4.90 Å². The summed E-state index contributed by atoms with van der Waals surface area (Å²) in [5.41, 5.74) is 0.967. The maximum absolute atomic E-state index is 10.6. The third-order valence-electron chi connectivity index (χ3n) is 5.01. The second-order valence-electron chi connectivity index (χ2n) is 6.58. The molecule has 1 aromatic carbocycles. The first kappa shape index (κ1) is 16.3. The Morgan fingerprint density at radius 2 is 1.67 bits per heavy atom. The number of likely N-dealkylation sites (tertiary alicyclic amines) is 1. The van der Waals surface area contributed by atoms with Crippen molar-refractivity contribution in [1.82, 2.24) is 4.90 Å². The Hall–Kier alpha value is -1.06. The molecule has 0 amide bonds. The van der Waals surface area contributed by atoms with Crippen molar-refractivity contribution in [2.75, 3.05) is 20.2 Å². The standard InChI is InChI=1S/C18H29NO2/c1-13(2)15-9-11-19(12-10-15)14(3)18(20)16-5-7-17(21-4)8-6-16/h5-8,13-15,18,20H,9-12H2,1-4H3. The van der Waals surface area contributed by atoms with Gasteiger partial charge in [-0.25, -0.2) is 0 Å². The van der Waals surface area contributed by atoms with Crippen molar-refractivity contribution in [2.45, 2.75) is 45.8 Å². The predicted octanol–water partition coefficient (Wildman–Crippen LogP) is 3.49. The van der Waals surface area contributed by atoms with Gasteiger partial charge in [-0.05, 0) is 62.4 Å². The molecule has 3 nitrogen and oxygen atoms in total. The van der Waals surface area contributed by atoms with E-state index in [1.54, 1.807) is 7.11 Å². The second kappa shape index (κ2) is 7.28. The minimum Gasteiger partial charge on any atom is -0.497 e. The summed E-state index contributed by atoms with van der Waals surface area (Å²) in [6.45, 7) is 8.95. The van der Waals surface area contributed by atoms with E-state index in [4.69, 9.17) is 4.74 Å². The van der Waals surface area contributed by atoms with Crippen molar-refractivity contribution >= 4 is 0 Å². The lowest BCUT2D eigenvalue weighted by Gasteiger charge is -2.39. The molecule has 1 N–H and O–H groups in total. The molecule has 1 fully saturated rings. The number of ether oxygens (including phenoxy) is 1. The molecule has 0 aliphatic carbocycles. The Morgan fingerprint density at radius 1 is 1.10 bits per heavy atom. The summed E-state index contributed by atoms with van der Waals surface area (Å²) >= 11 is 0. The van der Waals surface area contributed by atoms with Gasteiger partial charge in [0.25, 0.3) is 0 Å².